The predicted molar refractivity (Wildman–Crippen MR) is 65.9 cm³/mol. The molecule has 4 heteroatoms. The van der Waals surface area contributed by atoms with E-state index in [1.807, 2.05) is 24.1 Å². The lowest BCUT2D eigenvalue weighted by Gasteiger charge is -2.26. The molecule has 2 aliphatic rings. The topological polar surface area (TPSA) is 45.2 Å². The predicted octanol–water partition coefficient (Wildman–Crippen LogP) is 1.75. The first kappa shape index (κ1) is 10.6. The van der Waals surface area contributed by atoms with Crippen LogP contribution in [0.5, 0.6) is 0 Å². The van der Waals surface area contributed by atoms with E-state index < -0.39 is 0 Å². The van der Waals surface area contributed by atoms with Gasteiger partial charge in [0.05, 0.1) is 5.56 Å². The smallest absolute Gasteiger partial charge is 0.255 e. The second kappa shape index (κ2) is 4.02. The highest BCUT2D eigenvalue weighted by molar-refractivity contribution is 5.94. The number of anilines is 1. The summed E-state index contributed by atoms with van der Waals surface area (Å²) in [5.41, 5.74) is 0.705. The summed E-state index contributed by atoms with van der Waals surface area (Å²) in [6.07, 6.45) is 5.34. The average Bonchev–Trinajstić information content (AvgIpc) is 3.00. The number of fused-ring (bicyclic) bond motifs is 2. The van der Waals surface area contributed by atoms with E-state index in [-0.39, 0.29) is 5.91 Å². The third-order valence-corrected chi connectivity index (χ3v) is 3.94. The Labute approximate surface area is 101 Å². The van der Waals surface area contributed by atoms with Crippen LogP contribution in [0.1, 0.15) is 29.6 Å². The molecular formula is C13H17N3O. The zero-order valence-electron chi connectivity index (χ0n) is 10.0. The number of carbonyl (C=O) groups excluding carboxylic acids is 1. The van der Waals surface area contributed by atoms with Crippen molar-refractivity contribution < 1.29 is 4.79 Å². The number of hydrogen-bond donors (Lipinski definition) is 1. The Morgan fingerprint density at radius 2 is 2.35 bits per heavy atom. The molecule has 2 fully saturated rings. The second-order valence-corrected chi connectivity index (χ2v) is 4.97. The van der Waals surface area contributed by atoms with Gasteiger partial charge in [0.2, 0.25) is 0 Å². The lowest BCUT2D eigenvalue weighted by Crippen LogP contribution is -2.37. The Morgan fingerprint density at radius 1 is 1.47 bits per heavy atom. The van der Waals surface area contributed by atoms with Gasteiger partial charge in [0.1, 0.15) is 5.82 Å². The van der Waals surface area contributed by atoms with E-state index in [0.29, 0.717) is 11.6 Å². The number of amides is 1. The summed E-state index contributed by atoms with van der Waals surface area (Å²) in [5, 5.41) is 2.95. The van der Waals surface area contributed by atoms with Crippen LogP contribution in [0.2, 0.25) is 0 Å². The molecule has 1 aromatic heterocycles. The number of rotatable bonds is 2. The Morgan fingerprint density at radius 3 is 2.88 bits per heavy atom. The number of hydrogen-bond acceptors (Lipinski definition) is 3. The third-order valence-electron chi connectivity index (χ3n) is 3.94. The van der Waals surface area contributed by atoms with Crippen molar-refractivity contribution in [2.75, 3.05) is 18.9 Å². The van der Waals surface area contributed by atoms with E-state index in [2.05, 4.69) is 10.3 Å². The van der Waals surface area contributed by atoms with Crippen molar-refractivity contribution in [3.8, 4) is 0 Å². The molecule has 2 heterocycles. The van der Waals surface area contributed by atoms with E-state index >= 15 is 0 Å². The minimum absolute atomic E-state index is 0.146. The van der Waals surface area contributed by atoms with Crippen molar-refractivity contribution in [2.45, 2.75) is 25.3 Å². The molecule has 1 amide bonds. The number of piperidine rings is 1. The maximum Gasteiger partial charge on any atom is 0.255 e. The van der Waals surface area contributed by atoms with Gasteiger partial charge in [-0.15, -0.1) is 0 Å². The minimum atomic E-state index is 0.146. The fraction of sp³-hybridized carbons (Fsp3) is 0.538. The van der Waals surface area contributed by atoms with Gasteiger partial charge in [-0.05, 0) is 37.3 Å². The molecule has 1 N–H and O–H groups in total. The maximum atomic E-state index is 12.3. The quantitative estimate of drug-likeness (QED) is 0.843. The highest BCUT2D eigenvalue weighted by Gasteiger charge is 2.40. The van der Waals surface area contributed by atoms with Gasteiger partial charge in [0.25, 0.3) is 5.91 Å². The van der Waals surface area contributed by atoms with Crippen LogP contribution in [-0.2, 0) is 0 Å². The van der Waals surface area contributed by atoms with E-state index in [4.69, 9.17) is 0 Å². The van der Waals surface area contributed by atoms with Crippen LogP contribution < -0.4 is 5.32 Å². The molecule has 1 aliphatic carbocycles. The maximum absolute atomic E-state index is 12.3. The second-order valence-electron chi connectivity index (χ2n) is 4.97. The molecule has 3 rings (SSSR count). The van der Waals surface area contributed by atoms with E-state index in [0.717, 1.165) is 18.3 Å². The molecule has 2 atom stereocenters. The first-order valence-corrected chi connectivity index (χ1v) is 6.22. The van der Waals surface area contributed by atoms with Crippen molar-refractivity contribution in [3.63, 3.8) is 0 Å². The number of nitrogens with zero attached hydrogens (tertiary/aromatic N) is 2. The SMILES string of the molecule is CNc1ccc(C(=O)N2CC3CCC2C3)cn1. The molecule has 1 saturated carbocycles. The van der Waals surface area contributed by atoms with Gasteiger partial charge in [0.15, 0.2) is 0 Å². The van der Waals surface area contributed by atoms with Crippen LogP contribution in [0.25, 0.3) is 0 Å². The highest BCUT2D eigenvalue weighted by atomic mass is 16.2. The number of likely N-dealkylation sites (tertiary alicyclic amines) is 1. The van der Waals surface area contributed by atoms with Gasteiger partial charge in [-0.2, -0.15) is 0 Å². The minimum Gasteiger partial charge on any atom is -0.373 e. The standard InChI is InChI=1S/C13H17N3O/c1-14-12-5-3-10(7-15-12)13(17)16-8-9-2-4-11(16)6-9/h3,5,7,9,11H,2,4,6,8H2,1H3,(H,14,15). The normalized spacial score (nSPS) is 26.3. The fourth-order valence-electron chi connectivity index (χ4n) is 3.01. The van der Waals surface area contributed by atoms with Crippen molar-refractivity contribution in [1.82, 2.24) is 9.88 Å². The molecule has 1 aliphatic heterocycles. The summed E-state index contributed by atoms with van der Waals surface area (Å²) in [6, 6.07) is 4.19. The molecule has 17 heavy (non-hydrogen) atoms. The van der Waals surface area contributed by atoms with E-state index in [1.165, 1.54) is 19.3 Å². The number of pyridine rings is 1. The van der Waals surface area contributed by atoms with Gasteiger partial charge in [0, 0.05) is 25.8 Å². The molecule has 0 radical (unpaired) electrons. The van der Waals surface area contributed by atoms with Crippen LogP contribution >= 0.6 is 0 Å². The number of aromatic nitrogens is 1. The molecular weight excluding hydrogens is 214 g/mol. The molecule has 1 saturated heterocycles. The molecule has 0 spiro atoms. The molecule has 0 aromatic carbocycles. The molecule has 2 bridgehead atoms. The third kappa shape index (κ3) is 1.77. The van der Waals surface area contributed by atoms with E-state index in [1.54, 1.807) is 6.20 Å². The Balaban J connectivity index is 1.77. The Kier molecular flexibility index (Phi) is 2.50. The van der Waals surface area contributed by atoms with Gasteiger partial charge < -0.3 is 10.2 Å². The Hall–Kier alpha value is -1.58. The summed E-state index contributed by atoms with van der Waals surface area (Å²) in [7, 11) is 1.82. The Bertz CT molecular complexity index is 429. The molecule has 2 unspecified atom stereocenters. The van der Waals surface area contributed by atoms with Crippen LogP contribution in [0.4, 0.5) is 5.82 Å². The van der Waals surface area contributed by atoms with Crippen molar-refractivity contribution >= 4 is 11.7 Å². The van der Waals surface area contributed by atoms with E-state index in [9.17, 15) is 4.79 Å². The average molecular weight is 231 g/mol. The van der Waals surface area contributed by atoms with Crippen LogP contribution in [0.15, 0.2) is 18.3 Å². The first-order chi connectivity index (χ1) is 8.28. The van der Waals surface area contributed by atoms with Crippen LogP contribution in [-0.4, -0.2) is 35.4 Å². The van der Waals surface area contributed by atoms with Crippen molar-refractivity contribution in [3.05, 3.63) is 23.9 Å². The summed E-state index contributed by atoms with van der Waals surface area (Å²) < 4.78 is 0. The summed E-state index contributed by atoms with van der Waals surface area (Å²) in [5.74, 6) is 1.69. The highest BCUT2D eigenvalue weighted by Crippen LogP contribution is 2.37. The number of nitrogens with one attached hydrogen (secondary N) is 1. The lowest BCUT2D eigenvalue weighted by molar-refractivity contribution is 0.0703. The summed E-state index contributed by atoms with van der Waals surface area (Å²) in [4.78, 5) is 18.5. The monoisotopic (exact) mass is 231 g/mol. The molecule has 1 aromatic rings. The van der Waals surface area contributed by atoms with Crippen molar-refractivity contribution in [2.24, 2.45) is 5.92 Å². The summed E-state index contributed by atoms with van der Waals surface area (Å²) >= 11 is 0. The zero-order valence-corrected chi connectivity index (χ0v) is 10.0. The van der Waals surface area contributed by atoms with Crippen LogP contribution in [0.3, 0.4) is 0 Å². The summed E-state index contributed by atoms with van der Waals surface area (Å²) in [6.45, 7) is 0.942. The zero-order chi connectivity index (χ0) is 11.8. The lowest BCUT2D eigenvalue weighted by atomic mass is 10.1. The van der Waals surface area contributed by atoms with Gasteiger partial charge in [-0.3, -0.25) is 4.79 Å². The van der Waals surface area contributed by atoms with Gasteiger partial charge in [-0.1, -0.05) is 0 Å². The largest absolute Gasteiger partial charge is 0.373 e. The molecule has 90 valence electrons. The van der Waals surface area contributed by atoms with Gasteiger partial charge in [-0.25, -0.2) is 4.98 Å². The number of carbonyl (C=O) groups is 1. The fourth-order valence-corrected chi connectivity index (χ4v) is 3.01. The van der Waals surface area contributed by atoms with Crippen molar-refractivity contribution in [1.29, 1.82) is 0 Å². The van der Waals surface area contributed by atoms with Gasteiger partial charge >= 0.3 is 0 Å². The molecule has 4 nitrogen and oxygen atoms in total. The first-order valence-electron chi connectivity index (χ1n) is 6.22. The van der Waals surface area contributed by atoms with Crippen LogP contribution in [0, 0.1) is 5.92 Å².